The highest BCUT2D eigenvalue weighted by Gasteiger charge is 2.45. The molecule has 1 atom stereocenters. The Hall–Kier alpha value is -3.27. The number of hydrogen-bond acceptors (Lipinski definition) is 7. The second kappa shape index (κ2) is 8.84. The molecule has 1 saturated heterocycles. The van der Waals surface area contributed by atoms with E-state index in [1.807, 2.05) is 0 Å². The molecule has 2 heterocycles. The molecular weight excluding hydrogens is 406 g/mol. The molecule has 166 valence electrons. The lowest BCUT2D eigenvalue weighted by molar-refractivity contribution is -0.148. The maximum absolute atomic E-state index is 13.0. The molecule has 2 aliphatic heterocycles. The fourth-order valence-corrected chi connectivity index (χ4v) is 3.46. The summed E-state index contributed by atoms with van der Waals surface area (Å²) in [7, 11) is 0. The molecular formula is C21H25N3O7. The first-order valence-electron chi connectivity index (χ1n) is 10.0. The number of nitrogens with one attached hydrogen (secondary N) is 2. The van der Waals surface area contributed by atoms with Crippen molar-refractivity contribution in [2.45, 2.75) is 39.2 Å². The fraction of sp³-hybridized carbons (Fsp3) is 0.476. The van der Waals surface area contributed by atoms with E-state index in [-0.39, 0.29) is 37.2 Å². The minimum Gasteiger partial charge on any atom is -0.481 e. The number of carbonyl (C=O) groups excluding carboxylic acids is 4. The lowest BCUT2D eigenvalue weighted by Gasteiger charge is -2.27. The molecule has 0 spiro atoms. The number of hydrogen-bond donors (Lipinski definition) is 3. The highest BCUT2D eigenvalue weighted by Crippen LogP contribution is 2.32. The standard InChI is InChI=1S/C21H25N3O7/c1-21(2,20(29)30)8-10-31-11-9-22-13-5-3-4-12-16(13)19(28)24(18(12)27)14-6-7-15(25)23-17(14)26/h3-5,14,22H,6-11H2,1-2H3,(H,29,30)(H,23,25,26). The first-order chi connectivity index (χ1) is 14.6. The molecule has 1 aromatic carbocycles. The number of ether oxygens (including phenoxy) is 1. The molecule has 3 rings (SSSR count). The summed E-state index contributed by atoms with van der Waals surface area (Å²) < 4.78 is 5.48. The zero-order valence-electron chi connectivity index (χ0n) is 17.4. The number of imide groups is 2. The number of benzene rings is 1. The van der Waals surface area contributed by atoms with Crippen LogP contribution in [0, 0.1) is 5.41 Å². The van der Waals surface area contributed by atoms with Gasteiger partial charge in [0.25, 0.3) is 11.8 Å². The Morgan fingerprint density at radius 1 is 1.23 bits per heavy atom. The summed E-state index contributed by atoms with van der Waals surface area (Å²) in [5, 5.41) is 14.3. The van der Waals surface area contributed by atoms with Gasteiger partial charge in [0.2, 0.25) is 11.8 Å². The second-order valence-electron chi connectivity index (χ2n) is 8.15. The molecule has 0 radical (unpaired) electrons. The van der Waals surface area contributed by atoms with Crippen LogP contribution in [0.2, 0.25) is 0 Å². The molecule has 4 amide bonds. The number of rotatable bonds is 9. The van der Waals surface area contributed by atoms with Crippen molar-refractivity contribution in [1.82, 2.24) is 10.2 Å². The van der Waals surface area contributed by atoms with Crippen LogP contribution in [-0.4, -0.2) is 65.4 Å². The summed E-state index contributed by atoms with van der Waals surface area (Å²) in [4.78, 5) is 61.3. The molecule has 1 fully saturated rings. The third kappa shape index (κ3) is 4.58. The molecule has 2 aliphatic rings. The van der Waals surface area contributed by atoms with Gasteiger partial charge in [-0.1, -0.05) is 6.07 Å². The highest BCUT2D eigenvalue weighted by molar-refractivity contribution is 6.25. The normalized spacial score (nSPS) is 18.8. The zero-order chi connectivity index (χ0) is 22.8. The minimum absolute atomic E-state index is 0.0605. The van der Waals surface area contributed by atoms with Crippen molar-refractivity contribution in [3.8, 4) is 0 Å². The monoisotopic (exact) mass is 431 g/mol. The van der Waals surface area contributed by atoms with Crippen LogP contribution in [-0.2, 0) is 19.1 Å². The number of fused-ring (bicyclic) bond motifs is 1. The van der Waals surface area contributed by atoms with Gasteiger partial charge in [-0.3, -0.25) is 34.2 Å². The summed E-state index contributed by atoms with van der Waals surface area (Å²) in [5.74, 6) is -3.12. The molecule has 1 unspecified atom stereocenters. The molecule has 10 nitrogen and oxygen atoms in total. The van der Waals surface area contributed by atoms with Gasteiger partial charge in [0.15, 0.2) is 0 Å². The molecule has 31 heavy (non-hydrogen) atoms. The molecule has 3 N–H and O–H groups in total. The van der Waals surface area contributed by atoms with E-state index in [2.05, 4.69) is 10.6 Å². The van der Waals surface area contributed by atoms with Crippen LogP contribution in [0.3, 0.4) is 0 Å². The maximum atomic E-state index is 13.0. The van der Waals surface area contributed by atoms with Gasteiger partial charge in [-0.2, -0.15) is 0 Å². The molecule has 1 aromatic rings. The average molecular weight is 431 g/mol. The predicted octanol–water partition coefficient (Wildman–Crippen LogP) is 1.02. The summed E-state index contributed by atoms with van der Waals surface area (Å²) in [6.45, 7) is 4.14. The first kappa shape index (κ1) is 22.4. The van der Waals surface area contributed by atoms with E-state index < -0.39 is 41.1 Å². The Balaban J connectivity index is 1.61. The fourth-order valence-electron chi connectivity index (χ4n) is 3.46. The van der Waals surface area contributed by atoms with Crippen LogP contribution in [0.1, 0.15) is 53.8 Å². The Morgan fingerprint density at radius 2 is 1.97 bits per heavy atom. The van der Waals surface area contributed by atoms with Crippen molar-refractivity contribution >= 4 is 35.3 Å². The van der Waals surface area contributed by atoms with E-state index >= 15 is 0 Å². The van der Waals surface area contributed by atoms with Gasteiger partial charge < -0.3 is 15.2 Å². The van der Waals surface area contributed by atoms with Crippen molar-refractivity contribution in [1.29, 1.82) is 0 Å². The van der Waals surface area contributed by atoms with Crippen LogP contribution in [0.4, 0.5) is 5.69 Å². The Bertz CT molecular complexity index is 941. The number of anilines is 1. The third-order valence-electron chi connectivity index (χ3n) is 5.48. The van der Waals surface area contributed by atoms with Gasteiger partial charge in [0.05, 0.1) is 23.1 Å². The first-order valence-corrected chi connectivity index (χ1v) is 10.0. The van der Waals surface area contributed by atoms with Gasteiger partial charge in [-0.05, 0) is 38.8 Å². The third-order valence-corrected chi connectivity index (χ3v) is 5.48. The molecule has 10 heteroatoms. The Kier molecular flexibility index (Phi) is 6.40. The summed E-state index contributed by atoms with van der Waals surface area (Å²) in [6.07, 6.45) is 0.515. The largest absolute Gasteiger partial charge is 0.481 e. The molecule has 0 saturated carbocycles. The lowest BCUT2D eigenvalue weighted by atomic mass is 9.90. The van der Waals surface area contributed by atoms with Crippen LogP contribution >= 0.6 is 0 Å². The van der Waals surface area contributed by atoms with Gasteiger partial charge in [0, 0.05) is 25.3 Å². The number of aliphatic carboxylic acids is 1. The van der Waals surface area contributed by atoms with Crippen LogP contribution in [0.5, 0.6) is 0 Å². The van der Waals surface area contributed by atoms with E-state index in [1.54, 1.807) is 26.0 Å². The van der Waals surface area contributed by atoms with E-state index in [1.165, 1.54) is 6.07 Å². The van der Waals surface area contributed by atoms with E-state index in [9.17, 15) is 24.0 Å². The van der Waals surface area contributed by atoms with Gasteiger partial charge in [0.1, 0.15) is 6.04 Å². The number of amides is 4. The maximum Gasteiger partial charge on any atom is 0.309 e. The summed E-state index contributed by atoms with van der Waals surface area (Å²) >= 11 is 0. The SMILES string of the molecule is CC(C)(CCOCCNc1cccc2c1C(=O)N(C1CCC(=O)NC1=O)C2=O)C(=O)O. The van der Waals surface area contributed by atoms with Gasteiger partial charge >= 0.3 is 5.97 Å². The Labute approximate surface area is 178 Å². The van der Waals surface area contributed by atoms with Crippen LogP contribution in [0.15, 0.2) is 18.2 Å². The van der Waals surface area contributed by atoms with Crippen LogP contribution in [0.25, 0.3) is 0 Å². The van der Waals surface area contributed by atoms with Crippen molar-refractivity contribution < 1.29 is 33.8 Å². The second-order valence-corrected chi connectivity index (χ2v) is 8.15. The van der Waals surface area contributed by atoms with E-state index in [0.29, 0.717) is 18.7 Å². The van der Waals surface area contributed by atoms with E-state index in [4.69, 9.17) is 9.84 Å². The average Bonchev–Trinajstić information content (AvgIpc) is 2.96. The van der Waals surface area contributed by atoms with Gasteiger partial charge in [-0.25, -0.2) is 0 Å². The quantitative estimate of drug-likeness (QED) is 0.389. The number of nitrogens with zero attached hydrogens (tertiary/aromatic N) is 1. The molecule has 0 bridgehead atoms. The Morgan fingerprint density at radius 3 is 2.65 bits per heavy atom. The molecule has 0 aromatic heterocycles. The van der Waals surface area contributed by atoms with Crippen molar-refractivity contribution in [3.05, 3.63) is 29.3 Å². The minimum atomic E-state index is -1.01. The van der Waals surface area contributed by atoms with Crippen molar-refractivity contribution in [2.24, 2.45) is 5.41 Å². The van der Waals surface area contributed by atoms with Crippen molar-refractivity contribution in [3.63, 3.8) is 0 Å². The van der Waals surface area contributed by atoms with Gasteiger partial charge in [-0.15, -0.1) is 0 Å². The smallest absolute Gasteiger partial charge is 0.309 e. The lowest BCUT2D eigenvalue weighted by Crippen LogP contribution is -2.54. The molecule has 0 aliphatic carbocycles. The summed E-state index contributed by atoms with van der Waals surface area (Å²) in [6, 6.07) is 3.80. The predicted molar refractivity (Wildman–Crippen MR) is 108 cm³/mol. The number of carbonyl (C=O) groups is 5. The van der Waals surface area contributed by atoms with Crippen molar-refractivity contribution in [2.75, 3.05) is 25.1 Å². The number of carboxylic acid groups (broad SMARTS) is 1. The highest BCUT2D eigenvalue weighted by atomic mass is 16.5. The van der Waals surface area contributed by atoms with E-state index in [0.717, 1.165) is 4.90 Å². The number of carboxylic acids is 1. The zero-order valence-corrected chi connectivity index (χ0v) is 17.4. The number of piperidine rings is 1. The topological polar surface area (TPSA) is 142 Å². The van der Waals surface area contributed by atoms with Crippen LogP contribution < -0.4 is 10.6 Å². The summed E-state index contributed by atoms with van der Waals surface area (Å²) in [5.41, 5.74) is -0.0481.